The van der Waals surface area contributed by atoms with Crippen LogP contribution in [-0.4, -0.2) is 0 Å². The molecule has 0 saturated heterocycles. The van der Waals surface area contributed by atoms with Gasteiger partial charge in [0.15, 0.2) is 0 Å². The molecular formula is C6H3Br2F3S. The third-order valence-electron chi connectivity index (χ3n) is 1.33. The Morgan fingerprint density at radius 1 is 1.17 bits per heavy atom. The van der Waals surface area contributed by atoms with E-state index in [-0.39, 0.29) is 9.35 Å². The quantitative estimate of drug-likeness (QED) is 0.654. The van der Waals surface area contributed by atoms with E-state index < -0.39 is 11.7 Å². The second kappa shape index (κ2) is 3.31. The lowest BCUT2D eigenvalue weighted by molar-refractivity contribution is -0.138. The van der Waals surface area contributed by atoms with Crippen LogP contribution < -0.4 is 0 Å². The highest BCUT2D eigenvalue weighted by molar-refractivity contribution is 9.12. The smallest absolute Gasteiger partial charge is 0.166 e. The molecular weight excluding hydrogens is 321 g/mol. The minimum absolute atomic E-state index is 0.124. The van der Waals surface area contributed by atoms with Crippen molar-refractivity contribution in [3.63, 3.8) is 0 Å². The van der Waals surface area contributed by atoms with Crippen molar-refractivity contribution in [2.75, 3.05) is 0 Å². The van der Waals surface area contributed by atoms with Crippen LogP contribution in [0.3, 0.4) is 0 Å². The van der Waals surface area contributed by atoms with E-state index >= 15 is 0 Å². The third-order valence-corrected chi connectivity index (χ3v) is 4.16. The molecule has 0 bridgehead atoms. The molecule has 1 heterocycles. The van der Waals surface area contributed by atoms with Gasteiger partial charge in [-0.1, -0.05) is 0 Å². The fourth-order valence-electron chi connectivity index (χ4n) is 0.776. The molecule has 0 radical (unpaired) electrons. The molecule has 0 N–H and O–H groups in total. The van der Waals surface area contributed by atoms with Crippen molar-refractivity contribution in [2.24, 2.45) is 0 Å². The largest absolute Gasteiger partial charge is 0.418 e. The van der Waals surface area contributed by atoms with Crippen LogP contribution in [0.25, 0.3) is 0 Å². The standard InChI is InChI=1S/C6H3Br2F3S/c1-2-3(6(9,10)11)5(8)12-4(2)7/h1H3. The molecule has 0 fully saturated rings. The van der Waals surface area contributed by atoms with Gasteiger partial charge in [0.1, 0.15) is 0 Å². The minimum atomic E-state index is -4.27. The number of thiophene rings is 1. The molecule has 0 aliphatic rings. The Morgan fingerprint density at radius 2 is 1.67 bits per heavy atom. The van der Waals surface area contributed by atoms with Gasteiger partial charge in [-0.3, -0.25) is 0 Å². The van der Waals surface area contributed by atoms with Gasteiger partial charge in [0.05, 0.1) is 13.1 Å². The zero-order chi connectivity index (χ0) is 9.52. The van der Waals surface area contributed by atoms with Crippen LogP contribution in [0.4, 0.5) is 13.2 Å². The average Bonchev–Trinajstić information content (AvgIpc) is 2.05. The van der Waals surface area contributed by atoms with Crippen LogP contribution in [0.5, 0.6) is 0 Å². The molecule has 0 amide bonds. The van der Waals surface area contributed by atoms with Crippen LogP contribution >= 0.6 is 43.2 Å². The van der Waals surface area contributed by atoms with Crippen molar-refractivity contribution in [3.8, 4) is 0 Å². The highest BCUT2D eigenvalue weighted by Crippen LogP contribution is 2.45. The minimum Gasteiger partial charge on any atom is -0.166 e. The second-order valence-corrected chi connectivity index (χ2v) is 5.80. The van der Waals surface area contributed by atoms with Gasteiger partial charge in [0, 0.05) is 0 Å². The van der Waals surface area contributed by atoms with Gasteiger partial charge in [-0.2, -0.15) is 13.2 Å². The zero-order valence-electron chi connectivity index (χ0n) is 5.80. The first kappa shape index (κ1) is 10.5. The van der Waals surface area contributed by atoms with Crippen molar-refractivity contribution in [1.29, 1.82) is 0 Å². The molecule has 1 aromatic rings. The molecule has 0 nitrogen and oxygen atoms in total. The topological polar surface area (TPSA) is 0 Å². The maximum atomic E-state index is 12.3. The van der Waals surface area contributed by atoms with E-state index in [1.165, 1.54) is 6.92 Å². The van der Waals surface area contributed by atoms with Gasteiger partial charge in [-0.25, -0.2) is 0 Å². The first-order valence-electron chi connectivity index (χ1n) is 2.85. The summed E-state index contributed by atoms with van der Waals surface area (Å²) in [6.07, 6.45) is -4.27. The third kappa shape index (κ3) is 1.85. The van der Waals surface area contributed by atoms with Crippen molar-refractivity contribution < 1.29 is 13.2 Å². The summed E-state index contributed by atoms with van der Waals surface area (Å²) in [5, 5.41) is 0. The maximum absolute atomic E-state index is 12.3. The maximum Gasteiger partial charge on any atom is 0.418 e. The fraction of sp³-hybridized carbons (Fsp3) is 0.333. The van der Waals surface area contributed by atoms with Crippen molar-refractivity contribution in [1.82, 2.24) is 0 Å². The van der Waals surface area contributed by atoms with E-state index in [4.69, 9.17) is 0 Å². The molecule has 68 valence electrons. The molecule has 0 saturated carbocycles. The van der Waals surface area contributed by atoms with E-state index in [0.717, 1.165) is 11.3 Å². The Balaban J connectivity index is 3.32. The zero-order valence-corrected chi connectivity index (χ0v) is 9.79. The Labute approximate surface area is 88.0 Å². The molecule has 0 unspecified atom stereocenters. The number of rotatable bonds is 0. The van der Waals surface area contributed by atoms with Crippen LogP contribution in [0.1, 0.15) is 11.1 Å². The van der Waals surface area contributed by atoms with Crippen LogP contribution in [0.15, 0.2) is 7.57 Å². The Bertz CT molecular complexity index is 302. The summed E-state index contributed by atoms with van der Waals surface area (Å²) in [4.78, 5) is 0. The lowest BCUT2D eigenvalue weighted by atomic mass is 10.2. The first-order valence-corrected chi connectivity index (χ1v) is 5.26. The highest BCUT2D eigenvalue weighted by Gasteiger charge is 2.37. The van der Waals surface area contributed by atoms with E-state index in [9.17, 15) is 13.2 Å². The number of hydrogen-bond donors (Lipinski definition) is 0. The first-order chi connectivity index (χ1) is 5.34. The van der Waals surface area contributed by atoms with E-state index in [1.54, 1.807) is 0 Å². The van der Waals surface area contributed by atoms with Gasteiger partial charge in [-0.05, 0) is 44.3 Å². The summed E-state index contributed by atoms with van der Waals surface area (Å²) in [5.74, 6) is 0. The molecule has 1 rings (SSSR count). The molecule has 1 aromatic heterocycles. The van der Waals surface area contributed by atoms with Gasteiger partial charge >= 0.3 is 6.18 Å². The highest BCUT2D eigenvalue weighted by atomic mass is 79.9. The molecule has 0 aliphatic carbocycles. The van der Waals surface area contributed by atoms with Crippen LogP contribution in [0.2, 0.25) is 0 Å². The lowest BCUT2D eigenvalue weighted by Crippen LogP contribution is -2.05. The molecule has 0 atom stereocenters. The monoisotopic (exact) mass is 322 g/mol. The number of hydrogen-bond acceptors (Lipinski definition) is 1. The summed E-state index contributed by atoms with van der Waals surface area (Å²) in [7, 11) is 0. The summed E-state index contributed by atoms with van der Waals surface area (Å²) in [6.45, 7) is 1.44. The Kier molecular flexibility index (Phi) is 2.90. The fourth-order valence-corrected chi connectivity index (χ4v) is 3.90. The molecule has 0 aliphatic heterocycles. The SMILES string of the molecule is Cc1c(Br)sc(Br)c1C(F)(F)F. The van der Waals surface area contributed by atoms with Crippen molar-refractivity contribution >= 4 is 43.2 Å². The lowest BCUT2D eigenvalue weighted by Gasteiger charge is -2.05. The van der Waals surface area contributed by atoms with Crippen molar-refractivity contribution in [2.45, 2.75) is 13.1 Å². The normalized spacial score (nSPS) is 12.2. The predicted octanol–water partition coefficient (Wildman–Crippen LogP) is 4.60. The van der Waals surface area contributed by atoms with Gasteiger partial charge in [0.2, 0.25) is 0 Å². The van der Waals surface area contributed by atoms with Crippen LogP contribution in [0, 0.1) is 6.92 Å². The molecule has 6 heteroatoms. The van der Waals surface area contributed by atoms with Crippen LogP contribution in [-0.2, 0) is 6.18 Å². The van der Waals surface area contributed by atoms with Gasteiger partial charge in [-0.15, -0.1) is 11.3 Å². The van der Waals surface area contributed by atoms with E-state index in [1.807, 2.05) is 0 Å². The van der Waals surface area contributed by atoms with Gasteiger partial charge in [0.25, 0.3) is 0 Å². The van der Waals surface area contributed by atoms with E-state index in [2.05, 4.69) is 31.9 Å². The van der Waals surface area contributed by atoms with E-state index in [0.29, 0.717) is 3.79 Å². The van der Waals surface area contributed by atoms with Gasteiger partial charge < -0.3 is 0 Å². The summed E-state index contributed by atoms with van der Waals surface area (Å²) in [6, 6.07) is 0. The average molecular weight is 324 g/mol. The number of halogens is 5. The predicted molar refractivity (Wildman–Crippen MR) is 49.5 cm³/mol. The Morgan fingerprint density at radius 3 is 1.83 bits per heavy atom. The Hall–Kier alpha value is 0.450. The molecule has 0 aromatic carbocycles. The second-order valence-electron chi connectivity index (χ2n) is 2.15. The van der Waals surface area contributed by atoms with Crippen molar-refractivity contribution in [3.05, 3.63) is 18.7 Å². The summed E-state index contributed by atoms with van der Waals surface area (Å²) >= 11 is 6.96. The summed E-state index contributed by atoms with van der Waals surface area (Å²) in [5.41, 5.74) is -0.348. The number of alkyl halides is 3. The molecule has 12 heavy (non-hydrogen) atoms. The summed E-state index contributed by atoms with van der Waals surface area (Å²) < 4.78 is 37.5. The molecule has 0 spiro atoms.